The standard InChI is InChI=1S/C17H27ClFN/c1-3-5-6-7-9-14(20-12-4-2)13-15-16(18)10-8-11-17(15)19/h8,10-11,14,20H,3-7,9,12-13H2,1-2H3. The second-order valence-electron chi connectivity index (χ2n) is 5.40. The summed E-state index contributed by atoms with van der Waals surface area (Å²) in [7, 11) is 0. The molecule has 0 bridgehead atoms. The van der Waals surface area contributed by atoms with Gasteiger partial charge in [-0.05, 0) is 37.9 Å². The molecule has 0 heterocycles. The molecule has 0 fully saturated rings. The number of hydrogen-bond acceptors (Lipinski definition) is 1. The van der Waals surface area contributed by atoms with Crippen LogP contribution in [0.1, 0.15) is 57.9 Å². The molecular weight excluding hydrogens is 273 g/mol. The van der Waals surface area contributed by atoms with E-state index in [4.69, 9.17) is 11.6 Å². The van der Waals surface area contributed by atoms with Gasteiger partial charge in [-0.2, -0.15) is 0 Å². The molecule has 0 aliphatic heterocycles. The normalized spacial score (nSPS) is 12.6. The Labute approximate surface area is 127 Å². The van der Waals surface area contributed by atoms with Crippen LogP contribution in [0, 0.1) is 5.82 Å². The minimum Gasteiger partial charge on any atom is -0.314 e. The lowest BCUT2D eigenvalue weighted by Crippen LogP contribution is -2.32. The van der Waals surface area contributed by atoms with Crippen molar-refractivity contribution in [2.45, 2.75) is 64.8 Å². The van der Waals surface area contributed by atoms with Crippen LogP contribution < -0.4 is 5.32 Å². The topological polar surface area (TPSA) is 12.0 Å². The van der Waals surface area contributed by atoms with Gasteiger partial charge in [0.1, 0.15) is 5.82 Å². The SMILES string of the molecule is CCCCCCC(Cc1c(F)cccc1Cl)NCCC. The van der Waals surface area contributed by atoms with Crippen molar-refractivity contribution < 1.29 is 4.39 Å². The minimum absolute atomic E-state index is 0.186. The Kier molecular flexibility index (Phi) is 8.88. The molecule has 1 N–H and O–H groups in total. The molecule has 3 heteroatoms. The van der Waals surface area contributed by atoms with Crippen LogP contribution in [0.5, 0.6) is 0 Å². The van der Waals surface area contributed by atoms with Crippen LogP contribution in [0.2, 0.25) is 5.02 Å². The third-order valence-electron chi connectivity index (χ3n) is 3.60. The van der Waals surface area contributed by atoms with Crippen molar-refractivity contribution in [2.24, 2.45) is 0 Å². The van der Waals surface area contributed by atoms with Crippen molar-refractivity contribution in [2.75, 3.05) is 6.54 Å². The first kappa shape index (κ1) is 17.5. The summed E-state index contributed by atoms with van der Waals surface area (Å²) >= 11 is 6.12. The van der Waals surface area contributed by atoms with Crippen LogP contribution in [0.15, 0.2) is 18.2 Å². The smallest absolute Gasteiger partial charge is 0.127 e. The Morgan fingerprint density at radius 1 is 1.15 bits per heavy atom. The number of rotatable bonds is 10. The van der Waals surface area contributed by atoms with E-state index in [1.165, 1.54) is 31.7 Å². The lowest BCUT2D eigenvalue weighted by atomic mass is 9.99. The molecule has 0 saturated carbocycles. The van der Waals surface area contributed by atoms with Gasteiger partial charge in [-0.3, -0.25) is 0 Å². The third-order valence-corrected chi connectivity index (χ3v) is 3.96. The maximum atomic E-state index is 13.9. The minimum atomic E-state index is -0.186. The molecule has 0 aromatic heterocycles. The molecule has 20 heavy (non-hydrogen) atoms. The van der Waals surface area contributed by atoms with E-state index in [-0.39, 0.29) is 5.82 Å². The van der Waals surface area contributed by atoms with Gasteiger partial charge in [0.05, 0.1) is 0 Å². The van der Waals surface area contributed by atoms with Crippen molar-refractivity contribution in [3.8, 4) is 0 Å². The highest BCUT2D eigenvalue weighted by molar-refractivity contribution is 6.31. The molecule has 0 spiro atoms. The monoisotopic (exact) mass is 299 g/mol. The van der Waals surface area contributed by atoms with Gasteiger partial charge in [0.25, 0.3) is 0 Å². The van der Waals surface area contributed by atoms with Crippen LogP contribution in [0.4, 0.5) is 4.39 Å². The van der Waals surface area contributed by atoms with Crippen LogP contribution in [-0.4, -0.2) is 12.6 Å². The average Bonchev–Trinajstić information content (AvgIpc) is 2.44. The van der Waals surface area contributed by atoms with Crippen molar-refractivity contribution in [1.82, 2.24) is 5.32 Å². The second-order valence-corrected chi connectivity index (χ2v) is 5.81. The molecule has 1 unspecified atom stereocenters. The van der Waals surface area contributed by atoms with Crippen molar-refractivity contribution in [1.29, 1.82) is 0 Å². The van der Waals surface area contributed by atoms with Gasteiger partial charge in [0.15, 0.2) is 0 Å². The molecule has 114 valence electrons. The van der Waals surface area contributed by atoms with Crippen LogP contribution in [-0.2, 0) is 6.42 Å². The predicted octanol–water partition coefficient (Wildman–Crippen LogP) is 5.36. The van der Waals surface area contributed by atoms with E-state index in [9.17, 15) is 4.39 Å². The van der Waals surface area contributed by atoms with Crippen molar-refractivity contribution in [3.63, 3.8) is 0 Å². The van der Waals surface area contributed by atoms with E-state index in [1.54, 1.807) is 12.1 Å². The molecule has 1 rings (SSSR count). The number of benzene rings is 1. The summed E-state index contributed by atoms with van der Waals surface area (Å²) in [6.07, 6.45) is 7.83. The van der Waals surface area contributed by atoms with E-state index < -0.39 is 0 Å². The summed E-state index contributed by atoms with van der Waals surface area (Å²) in [6.45, 7) is 5.34. The van der Waals surface area contributed by atoms with Gasteiger partial charge in [-0.25, -0.2) is 4.39 Å². The Morgan fingerprint density at radius 3 is 2.60 bits per heavy atom. The largest absolute Gasteiger partial charge is 0.314 e. The summed E-state index contributed by atoms with van der Waals surface area (Å²) in [6, 6.07) is 5.25. The average molecular weight is 300 g/mol. The molecule has 0 radical (unpaired) electrons. The van der Waals surface area contributed by atoms with Crippen molar-refractivity contribution in [3.05, 3.63) is 34.6 Å². The number of halogens is 2. The van der Waals surface area contributed by atoms with E-state index in [2.05, 4.69) is 19.2 Å². The zero-order valence-electron chi connectivity index (χ0n) is 12.7. The zero-order valence-corrected chi connectivity index (χ0v) is 13.5. The van der Waals surface area contributed by atoms with Gasteiger partial charge in [-0.1, -0.05) is 57.2 Å². The summed E-state index contributed by atoms with van der Waals surface area (Å²) < 4.78 is 13.9. The fourth-order valence-electron chi connectivity index (χ4n) is 2.42. The molecule has 0 amide bonds. The fraction of sp³-hybridized carbons (Fsp3) is 0.647. The van der Waals surface area contributed by atoms with Crippen molar-refractivity contribution >= 4 is 11.6 Å². The van der Waals surface area contributed by atoms with Gasteiger partial charge in [0, 0.05) is 16.6 Å². The summed E-state index contributed by atoms with van der Waals surface area (Å²) in [5, 5.41) is 4.07. The maximum absolute atomic E-state index is 13.9. The van der Waals surface area contributed by atoms with Crippen LogP contribution in [0.3, 0.4) is 0 Å². The highest BCUT2D eigenvalue weighted by Gasteiger charge is 2.14. The van der Waals surface area contributed by atoms with E-state index in [0.717, 1.165) is 19.4 Å². The summed E-state index contributed by atoms with van der Waals surface area (Å²) in [4.78, 5) is 0. The fourth-order valence-corrected chi connectivity index (χ4v) is 2.66. The van der Waals surface area contributed by atoms with E-state index in [1.807, 2.05) is 0 Å². The first-order chi connectivity index (χ1) is 9.69. The highest BCUT2D eigenvalue weighted by atomic mass is 35.5. The lowest BCUT2D eigenvalue weighted by Gasteiger charge is -2.19. The molecule has 1 atom stereocenters. The Balaban J connectivity index is 2.58. The van der Waals surface area contributed by atoms with Crippen LogP contribution >= 0.6 is 11.6 Å². The Hall–Kier alpha value is -0.600. The van der Waals surface area contributed by atoms with Gasteiger partial charge < -0.3 is 5.32 Å². The molecule has 0 aliphatic carbocycles. The van der Waals surface area contributed by atoms with E-state index >= 15 is 0 Å². The molecule has 0 aliphatic rings. The maximum Gasteiger partial charge on any atom is 0.127 e. The first-order valence-electron chi connectivity index (χ1n) is 7.85. The number of unbranched alkanes of at least 4 members (excludes halogenated alkanes) is 3. The molecule has 1 nitrogen and oxygen atoms in total. The van der Waals surface area contributed by atoms with E-state index in [0.29, 0.717) is 23.0 Å². The summed E-state index contributed by atoms with van der Waals surface area (Å²) in [5.41, 5.74) is 0.651. The molecule has 1 aromatic carbocycles. The predicted molar refractivity (Wildman–Crippen MR) is 86.0 cm³/mol. The second kappa shape index (κ2) is 10.2. The van der Waals surface area contributed by atoms with Crippen LogP contribution in [0.25, 0.3) is 0 Å². The Morgan fingerprint density at radius 2 is 1.95 bits per heavy atom. The third kappa shape index (κ3) is 6.23. The molecular formula is C17H27ClFN. The molecule has 1 aromatic rings. The first-order valence-corrected chi connectivity index (χ1v) is 8.23. The lowest BCUT2D eigenvalue weighted by molar-refractivity contribution is 0.446. The quantitative estimate of drug-likeness (QED) is 0.573. The number of nitrogens with one attached hydrogen (secondary N) is 1. The summed E-state index contributed by atoms with van der Waals surface area (Å²) in [5.74, 6) is -0.186. The number of hydrogen-bond donors (Lipinski definition) is 1. The zero-order chi connectivity index (χ0) is 14.8. The Bertz CT molecular complexity index is 361. The van der Waals surface area contributed by atoms with Gasteiger partial charge in [-0.15, -0.1) is 0 Å². The van der Waals surface area contributed by atoms with Gasteiger partial charge >= 0.3 is 0 Å². The highest BCUT2D eigenvalue weighted by Crippen LogP contribution is 2.22. The molecule has 0 saturated heterocycles. The van der Waals surface area contributed by atoms with Gasteiger partial charge in [0.2, 0.25) is 0 Å².